The summed E-state index contributed by atoms with van der Waals surface area (Å²) in [6.07, 6.45) is 8.22. The summed E-state index contributed by atoms with van der Waals surface area (Å²) in [7, 11) is 0. The van der Waals surface area contributed by atoms with Crippen LogP contribution in [0.4, 0.5) is 0 Å². The molecule has 0 radical (unpaired) electrons. The Hall–Kier alpha value is -1.59. The van der Waals surface area contributed by atoms with Gasteiger partial charge in [0.05, 0.1) is 6.61 Å². The van der Waals surface area contributed by atoms with Crippen LogP contribution in [0.15, 0.2) is 24.3 Å². The fraction of sp³-hybridized carbons (Fsp3) is 0.682. The lowest BCUT2D eigenvalue weighted by Crippen LogP contribution is -2.51. The van der Waals surface area contributed by atoms with Gasteiger partial charge in [0.15, 0.2) is 0 Å². The molecule has 1 amide bonds. The number of hydrogen-bond acceptors (Lipinski definition) is 4. The Morgan fingerprint density at radius 1 is 1.15 bits per heavy atom. The summed E-state index contributed by atoms with van der Waals surface area (Å²) < 4.78 is 5.50. The monoisotopic (exact) mass is 370 g/mol. The Balaban J connectivity index is 1.37. The number of ether oxygens (including phenoxy) is 1. The van der Waals surface area contributed by atoms with E-state index in [1.807, 2.05) is 12.1 Å². The fourth-order valence-corrected chi connectivity index (χ4v) is 6.32. The number of benzene rings is 1. The van der Waals surface area contributed by atoms with Crippen molar-refractivity contribution in [3.8, 4) is 5.75 Å². The SMILES string of the molecule is O=C1N(C2CCCC2)C[C@@H]2C[C@@H](c3ccc(OCCO)cc3)N3CCC[C@@]123. The lowest BCUT2D eigenvalue weighted by molar-refractivity contribution is -0.138. The van der Waals surface area contributed by atoms with Crippen LogP contribution >= 0.6 is 0 Å². The number of carbonyl (C=O) groups excluding carboxylic acids is 1. The number of aliphatic hydroxyl groups is 1. The van der Waals surface area contributed by atoms with Crippen molar-refractivity contribution < 1.29 is 14.6 Å². The summed E-state index contributed by atoms with van der Waals surface area (Å²) in [6, 6.07) is 9.12. The van der Waals surface area contributed by atoms with E-state index in [-0.39, 0.29) is 12.1 Å². The van der Waals surface area contributed by atoms with Crippen molar-refractivity contribution in [2.45, 2.75) is 62.6 Å². The van der Waals surface area contributed by atoms with E-state index >= 15 is 0 Å². The van der Waals surface area contributed by atoms with Gasteiger partial charge in [0.2, 0.25) is 5.91 Å². The van der Waals surface area contributed by atoms with Crippen LogP contribution in [0.1, 0.15) is 56.6 Å². The maximum Gasteiger partial charge on any atom is 0.243 e. The predicted octanol–water partition coefficient (Wildman–Crippen LogP) is 2.74. The number of carbonyl (C=O) groups is 1. The van der Waals surface area contributed by atoms with Gasteiger partial charge in [-0.2, -0.15) is 0 Å². The van der Waals surface area contributed by atoms with Gasteiger partial charge in [-0.15, -0.1) is 0 Å². The molecule has 1 saturated carbocycles. The van der Waals surface area contributed by atoms with Crippen LogP contribution in [0.3, 0.4) is 0 Å². The molecule has 0 aromatic heterocycles. The number of likely N-dealkylation sites (tertiary alicyclic amines) is 1. The van der Waals surface area contributed by atoms with E-state index in [1.54, 1.807) is 0 Å². The molecule has 3 aliphatic heterocycles. The molecule has 1 N–H and O–H groups in total. The van der Waals surface area contributed by atoms with Crippen LogP contribution in [-0.4, -0.2) is 58.7 Å². The van der Waals surface area contributed by atoms with Gasteiger partial charge >= 0.3 is 0 Å². The highest BCUT2D eigenvalue weighted by molar-refractivity contribution is 5.90. The van der Waals surface area contributed by atoms with E-state index in [9.17, 15) is 4.79 Å². The average Bonchev–Trinajstić information content (AvgIpc) is 3.44. The highest BCUT2D eigenvalue weighted by atomic mass is 16.5. The van der Waals surface area contributed by atoms with Gasteiger partial charge in [0.1, 0.15) is 17.9 Å². The Morgan fingerprint density at radius 2 is 1.93 bits per heavy atom. The summed E-state index contributed by atoms with van der Waals surface area (Å²) in [5, 5.41) is 8.91. The molecular weight excluding hydrogens is 340 g/mol. The zero-order valence-electron chi connectivity index (χ0n) is 16.0. The van der Waals surface area contributed by atoms with E-state index in [1.165, 1.54) is 31.2 Å². The molecular formula is C22H30N2O3. The third-order valence-electron chi connectivity index (χ3n) is 7.47. The molecule has 3 heterocycles. The van der Waals surface area contributed by atoms with Gasteiger partial charge in [-0.05, 0) is 56.3 Å². The van der Waals surface area contributed by atoms with E-state index in [0.717, 1.165) is 38.1 Å². The molecule has 146 valence electrons. The molecule has 5 rings (SSSR count). The molecule has 1 aromatic carbocycles. The van der Waals surface area contributed by atoms with E-state index in [2.05, 4.69) is 21.9 Å². The summed E-state index contributed by atoms with van der Waals surface area (Å²) >= 11 is 0. The van der Waals surface area contributed by atoms with Crippen LogP contribution in [0.2, 0.25) is 0 Å². The van der Waals surface area contributed by atoms with E-state index in [4.69, 9.17) is 9.84 Å². The third-order valence-corrected chi connectivity index (χ3v) is 7.47. The molecule has 1 aliphatic carbocycles. The second-order valence-electron chi connectivity index (χ2n) is 8.71. The Labute approximate surface area is 161 Å². The first-order valence-electron chi connectivity index (χ1n) is 10.7. The highest BCUT2D eigenvalue weighted by Gasteiger charge is 2.65. The number of nitrogens with zero attached hydrogens (tertiary/aromatic N) is 2. The van der Waals surface area contributed by atoms with Crippen molar-refractivity contribution in [2.75, 3.05) is 26.3 Å². The third kappa shape index (κ3) is 2.62. The van der Waals surface area contributed by atoms with Crippen molar-refractivity contribution in [1.29, 1.82) is 0 Å². The first-order valence-corrected chi connectivity index (χ1v) is 10.7. The fourth-order valence-electron chi connectivity index (χ4n) is 6.32. The average molecular weight is 370 g/mol. The summed E-state index contributed by atoms with van der Waals surface area (Å²) in [5.41, 5.74) is 1.07. The van der Waals surface area contributed by atoms with Crippen molar-refractivity contribution in [3.63, 3.8) is 0 Å². The summed E-state index contributed by atoms with van der Waals surface area (Å²) in [6.45, 7) is 2.36. The van der Waals surface area contributed by atoms with Crippen molar-refractivity contribution in [3.05, 3.63) is 29.8 Å². The Kier molecular flexibility index (Phi) is 4.40. The smallest absolute Gasteiger partial charge is 0.243 e. The van der Waals surface area contributed by atoms with Gasteiger partial charge in [0.25, 0.3) is 0 Å². The molecule has 27 heavy (non-hydrogen) atoms. The number of amides is 1. The van der Waals surface area contributed by atoms with Gasteiger partial charge < -0.3 is 14.7 Å². The van der Waals surface area contributed by atoms with Gasteiger partial charge in [-0.25, -0.2) is 0 Å². The van der Waals surface area contributed by atoms with Crippen LogP contribution in [-0.2, 0) is 4.79 Å². The van der Waals surface area contributed by atoms with Crippen LogP contribution in [0.25, 0.3) is 0 Å². The highest BCUT2D eigenvalue weighted by Crippen LogP contribution is 2.56. The molecule has 5 nitrogen and oxygen atoms in total. The summed E-state index contributed by atoms with van der Waals surface area (Å²) in [4.78, 5) is 18.4. The minimum Gasteiger partial charge on any atom is -0.491 e. The van der Waals surface area contributed by atoms with E-state index in [0.29, 0.717) is 30.5 Å². The van der Waals surface area contributed by atoms with Gasteiger partial charge in [0, 0.05) is 24.5 Å². The standard InChI is InChI=1S/C22H30N2O3/c25-12-13-27-19-8-6-16(7-9-19)20-14-17-15-23(18-4-1-2-5-18)21(26)22(17)10-3-11-24(20)22/h6-9,17-18,20,25H,1-5,10-15H2/t17-,20-,22-/m0/s1. The quantitative estimate of drug-likeness (QED) is 0.866. The van der Waals surface area contributed by atoms with E-state index < -0.39 is 0 Å². The summed E-state index contributed by atoms with van der Waals surface area (Å²) in [5.74, 6) is 1.70. The largest absolute Gasteiger partial charge is 0.491 e. The zero-order valence-corrected chi connectivity index (χ0v) is 16.0. The van der Waals surface area contributed by atoms with Crippen molar-refractivity contribution >= 4 is 5.91 Å². The van der Waals surface area contributed by atoms with Crippen molar-refractivity contribution in [1.82, 2.24) is 9.80 Å². The molecule has 0 bridgehead atoms. The molecule has 1 aromatic rings. The lowest BCUT2D eigenvalue weighted by atomic mass is 9.85. The normalized spacial score (nSPS) is 33.7. The Morgan fingerprint density at radius 3 is 2.67 bits per heavy atom. The van der Waals surface area contributed by atoms with Crippen LogP contribution in [0.5, 0.6) is 5.75 Å². The number of aliphatic hydroxyl groups excluding tert-OH is 1. The molecule has 3 saturated heterocycles. The zero-order chi connectivity index (χ0) is 18.4. The molecule has 0 unspecified atom stereocenters. The minimum absolute atomic E-state index is 0.0297. The first-order chi connectivity index (χ1) is 13.2. The van der Waals surface area contributed by atoms with Gasteiger partial charge in [-0.3, -0.25) is 9.69 Å². The molecule has 4 fully saturated rings. The maximum atomic E-state index is 13.6. The second kappa shape index (κ2) is 6.78. The maximum absolute atomic E-state index is 13.6. The topological polar surface area (TPSA) is 53.0 Å². The first kappa shape index (κ1) is 17.5. The second-order valence-corrected chi connectivity index (χ2v) is 8.71. The number of rotatable bonds is 5. The minimum atomic E-state index is -0.223. The van der Waals surface area contributed by atoms with Gasteiger partial charge in [-0.1, -0.05) is 25.0 Å². The van der Waals surface area contributed by atoms with Crippen LogP contribution < -0.4 is 4.74 Å². The molecule has 5 heteroatoms. The lowest BCUT2D eigenvalue weighted by Gasteiger charge is -2.35. The predicted molar refractivity (Wildman–Crippen MR) is 103 cm³/mol. The van der Waals surface area contributed by atoms with Crippen LogP contribution in [0, 0.1) is 5.92 Å². The number of hydrogen-bond donors (Lipinski definition) is 1. The Bertz CT molecular complexity index is 700. The molecule has 3 atom stereocenters. The van der Waals surface area contributed by atoms with Crippen molar-refractivity contribution in [2.24, 2.45) is 5.92 Å². The molecule has 1 spiro atoms. The molecule has 4 aliphatic rings.